The van der Waals surface area contributed by atoms with Gasteiger partial charge in [-0.05, 0) is 48.7 Å². The quantitative estimate of drug-likeness (QED) is 0.579. The molecule has 0 saturated heterocycles. The van der Waals surface area contributed by atoms with Crippen LogP contribution in [0.5, 0.6) is 0 Å². The smallest absolute Gasteiger partial charge is 0.337 e. The number of carbonyl (C=O) groups excluding carboxylic acids is 2. The summed E-state index contributed by atoms with van der Waals surface area (Å²) >= 11 is 8.97. The Labute approximate surface area is 169 Å². The Hall–Kier alpha value is -2.09. The van der Waals surface area contributed by atoms with Crippen molar-refractivity contribution in [1.82, 2.24) is 4.57 Å². The van der Waals surface area contributed by atoms with E-state index in [4.69, 9.17) is 16.3 Å². The zero-order chi connectivity index (χ0) is 19.4. The summed E-state index contributed by atoms with van der Waals surface area (Å²) in [6, 6.07) is 12.0. The van der Waals surface area contributed by atoms with E-state index in [9.17, 15) is 9.59 Å². The van der Waals surface area contributed by atoms with Gasteiger partial charge in [0.15, 0.2) is 4.80 Å². The maximum absolute atomic E-state index is 12.6. The van der Waals surface area contributed by atoms with Crippen LogP contribution in [-0.4, -0.2) is 35.6 Å². The van der Waals surface area contributed by atoms with E-state index in [1.165, 1.54) is 18.4 Å². The highest BCUT2D eigenvalue weighted by Gasteiger charge is 2.12. The molecule has 0 fully saturated rings. The third-order valence-electron chi connectivity index (χ3n) is 3.91. The standard InChI is InChI=1S/C19H17ClN2O3S2/c1-25-18(24)13-5-8-15-16(11-13)27-19(22(15)9-10-26-2)21-17(23)12-3-6-14(20)7-4-12/h3-8,11H,9-10H2,1-2H3. The van der Waals surface area contributed by atoms with Crippen LogP contribution in [0.4, 0.5) is 0 Å². The summed E-state index contributed by atoms with van der Waals surface area (Å²) in [5.41, 5.74) is 1.88. The Morgan fingerprint density at radius 3 is 2.56 bits per heavy atom. The number of esters is 1. The number of nitrogens with zero attached hydrogens (tertiary/aromatic N) is 2. The number of thiazole rings is 1. The van der Waals surface area contributed by atoms with Crippen molar-refractivity contribution in [2.45, 2.75) is 6.54 Å². The first-order valence-corrected chi connectivity index (χ1v) is 10.7. The van der Waals surface area contributed by atoms with E-state index in [0.29, 0.717) is 27.5 Å². The van der Waals surface area contributed by atoms with Gasteiger partial charge in [0, 0.05) is 22.9 Å². The lowest BCUT2D eigenvalue weighted by Gasteiger charge is -2.04. The molecule has 0 atom stereocenters. The molecule has 1 aromatic heterocycles. The zero-order valence-corrected chi connectivity index (χ0v) is 17.2. The van der Waals surface area contributed by atoms with E-state index in [-0.39, 0.29) is 5.91 Å². The SMILES string of the molecule is COC(=O)c1ccc2c(c1)sc(=NC(=O)c1ccc(Cl)cc1)n2CCSC. The van der Waals surface area contributed by atoms with Crippen LogP contribution >= 0.6 is 34.7 Å². The monoisotopic (exact) mass is 420 g/mol. The molecule has 0 aliphatic rings. The normalized spacial score (nSPS) is 11.7. The molecule has 2 aromatic carbocycles. The van der Waals surface area contributed by atoms with Gasteiger partial charge in [0.25, 0.3) is 5.91 Å². The third kappa shape index (κ3) is 4.43. The minimum atomic E-state index is -0.392. The molecule has 0 unspecified atom stereocenters. The lowest BCUT2D eigenvalue weighted by molar-refractivity contribution is 0.0601. The molecule has 0 aliphatic heterocycles. The van der Waals surface area contributed by atoms with Gasteiger partial charge in [0.1, 0.15) is 0 Å². The van der Waals surface area contributed by atoms with Gasteiger partial charge in [-0.3, -0.25) is 4.79 Å². The molecule has 0 aliphatic carbocycles. The number of ether oxygens (including phenoxy) is 1. The van der Waals surface area contributed by atoms with Crippen molar-refractivity contribution >= 4 is 56.8 Å². The van der Waals surface area contributed by atoms with E-state index >= 15 is 0 Å². The second-order valence-corrected chi connectivity index (χ2v) is 8.06. The number of fused-ring (bicyclic) bond motifs is 1. The lowest BCUT2D eigenvalue weighted by Crippen LogP contribution is -2.18. The van der Waals surface area contributed by atoms with Crippen molar-refractivity contribution in [3.63, 3.8) is 0 Å². The van der Waals surface area contributed by atoms with Crippen LogP contribution in [0.2, 0.25) is 5.02 Å². The largest absolute Gasteiger partial charge is 0.465 e. The number of halogens is 1. The number of carbonyl (C=O) groups is 2. The van der Waals surface area contributed by atoms with Gasteiger partial charge in [-0.25, -0.2) is 4.79 Å². The summed E-state index contributed by atoms with van der Waals surface area (Å²) in [6.45, 7) is 0.714. The van der Waals surface area contributed by atoms with Gasteiger partial charge in [0.2, 0.25) is 0 Å². The van der Waals surface area contributed by atoms with Crippen LogP contribution in [0.1, 0.15) is 20.7 Å². The van der Waals surface area contributed by atoms with Crippen molar-refractivity contribution in [3.8, 4) is 0 Å². The first-order chi connectivity index (χ1) is 13.0. The molecule has 0 bridgehead atoms. The summed E-state index contributed by atoms with van der Waals surface area (Å²) in [5.74, 6) is 0.161. The van der Waals surface area contributed by atoms with Crippen LogP contribution in [0.25, 0.3) is 10.2 Å². The molecule has 5 nitrogen and oxygen atoms in total. The van der Waals surface area contributed by atoms with E-state index in [0.717, 1.165) is 16.0 Å². The average Bonchev–Trinajstić information content (AvgIpc) is 3.02. The number of hydrogen-bond donors (Lipinski definition) is 0. The molecule has 1 amide bonds. The Morgan fingerprint density at radius 2 is 1.89 bits per heavy atom. The number of benzene rings is 2. The molecule has 1 heterocycles. The van der Waals surface area contributed by atoms with Crippen molar-refractivity contribution in [3.05, 3.63) is 63.4 Å². The summed E-state index contributed by atoms with van der Waals surface area (Å²) in [6.07, 6.45) is 2.03. The molecule has 8 heteroatoms. The van der Waals surface area contributed by atoms with Crippen LogP contribution in [0, 0.1) is 0 Å². The Kier molecular flexibility index (Phi) is 6.36. The molecule has 0 N–H and O–H groups in total. The van der Waals surface area contributed by atoms with Crippen molar-refractivity contribution in [1.29, 1.82) is 0 Å². The van der Waals surface area contributed by atoms with E-state index in [1.54, 1.807) is 48.2 Å². The topological polar surface area (TPSA) is 60.7 Å². The Balaban J connectivity index is 2.10. The number of aromatic nitrogens is 1. The van der Waals surface area contributed by atoms with Crippen LogP contribution in [-0.2, 0) is 11.3 Å². The molecule has 0 radical (unpaired) electrons. The minimum absolute atomic E-state index is 0.329. The fourth-order valence-corrected chi connectivity index (χ4v) is 4.13. The highest BCUT2D eigenvalue weighted by atomic mass is 35.5. The maximum atomic E-state index is 12.6. The number of aryl methyl sites for hydroxylation is 1. The number of methoxy groups -OCH3 is 1. The Morgan fingerprint density at radius 1 is 1.19 bits per heavy atom. The second-order valence-electron chi connectivity index (χ2n) is 5.63. The van der Waals surface area contributed by atoms with E-state index in [1.807, 2.05) is 16.9 Å². The number of thioether (sulfide) groups is 1. The third-order valence-corrected chi connectivity index (χ3v) is 5.80. The summed E-state index contributed by atoms with van der Waals surface area (Å²) in [7, 11) is 1.35. The zero-order valence-electron chi connectivity index (χ0n) is 14.8. The molecular formula is C19H17ClN2O3S2. The molecule has 3 rings (SSSR count). The molecule has 3 aromatic rings. The summed E-state index contributed by atoms with van der Waals surface area (Å²) in [4.78, 5) is 29.3. The fraction of sp³-hybridized carbons (Fsp3) is 0.211. The molecule has 140 valence electrons. The fourth-order valence-electron chi connectivity index (χ4n) is 2.55. The van der Waals surface area contributed by atoms with Crippen LogP contribution in [0.3, 0.4) is 0 Å². The first-order valence-electron chi connectivity index (χ1n) is 8.08. The highest BCUT2D eigenvalue weighted by molar-refractivity contribution is 7.98. The summed E-state index contributed by atoms with van der Waals surface area (Å²) in [5, 5.41) is 0.568. The summed E-state index contributed by atoms with van der Waals surface area (Å²) < 4.78 is 7.67. The van der Waals surface area contributed by atoms with Crippen molar-refractivity contribution in [2.24, 2.45) is 4.99 Å². The molecule has 27 heavy (non-hydrogen) atoms. The van der Waals surface area contributed by atoms with Gasteiger partial charge in [-0.2, -0.15) is 16.8 Å². The predicted octanol–water partition coefficient (Wildman–Crippen LogP) is 4.25. The van der Waals surface area contributed by atoms with Gasteiger partial charge < -0.3 is 9.30 Å². The highest BCUT2D eigenvalue weighted by Crippen LogP contribution is 2.20. The van der Waals surface area contributed by atoms with E-state index in [2.05, 4.69) is 4.99 Å². The van der Waals surface area contributed by atoms with Crippen molar-refractivity contribution < 1.29 is 14.3 Å². The second kappa shape index (κ2) is 8.73. The number of rotatable bonds is 5. The predicted molar refractivity (Wildman–Crippen MR) is 111 cm³/mol. The first kappa shape index (κ1) is 19.7. The van der Waals surface area contributed by atoms with Gasteiger partial charge in [-0.1, -0.05) is 22.9 Å². The number of hydrogen-bond acceptors (Lipinski definition) is 5. The van der Waals surface area contributed by atoms with Crippen molar-refractivity contribution in [2.75, 3.05) is 19.1 Å². The minimum Gasteiger partial charge on any atom is -0.465 e. The molecule has 0 saturated carbocycles. The van der Waals surface area contributed by atoms with Crippen LogP contribution < -0.4 is 4.80 Å². The van der Waals surface area contributed by atoms with Gasteiger partial charge in [-0.15, -0.1) is 0 Å². The van der Waals surface area contributed by atoms with Gasteiger partial charge >= 0.3 is 5.97 Å². The average molecular weight is 421 g/mol. The van der Waals surface area contributed by atoms with Gasteiger partial charge in [0.05, 0.1) is 22.9 Å². The molecular weight excluding hydrogens is 404 g/mol. The molecule has 0 spiro atoms. The van der Waals surface area contributed by atoms with Crippen LogP contribution in [0.15, 0.2) is 47.5 Å². The number of amides is 1. The van der Waals surface area contributed by atoms with E-state index < -0.39 is 5.97 Å². The maximum Gasteiger partial charge on any atom is 0.337 e. The lowest BCUT2D eigenvalue weighted by atomic mass is 10.2. The Bertz CT molecular complexity index is 1050.